The van der Waals surface area contributed by atoms with Gasteiger partial charge in [-0.2, -0.15) is 0 Å². The molecule has 422 valence electrons. The summed E-state index contributed by atoms with van der Waals surface area (Å²) in [7, 11) is 0. The van der Waals surface area contributed by atoms with Crippen molar-refractivity contribution in [2.24, 2.45) is 0 Å². The number of fused-ring (bicyclic) bond motifs is 6. The van der Waals surface area contributed by atoms with Gasteiger partial charge in [-0.15, -0.1) is 0 Å². The van der Waals surface area contributed by atoms with Crippen LogP contribution in [-0.2, 0) is 0 Å². The van der Waals surface area contributed by atoms with Gasteiger partial charge in [0.05, 0.1) is 33.8 Å². The lowest BCUT2D eigenvalue weighted by molar-refractivity contribution is 1.13. The zero-order chi connectivity index (χ0) is 59.5. The van der Waals surface area contributed by atoms with Crippen LogP contribution in [0, 0.1) is 0 Å². The van der Waals surface area contributed by atoms with Crippen LogP contribution in [0.1, 0.15) is 0 Å². The molecule has 0 spiro atoms. The number of nitrogens with zero attached hydrogens (tertiary/aromatic N) is 4. The lowest BCUT2D eigenvalue weighted by Crippen LogP contribution is -2.10. The molecule has 4 nitrogen and oxygen atoms in total. The van der Waals surface area contributed by atoms with Crippen molar-refractivity contribution in [3.8, 4) is 56.1 Å². The van der Waals surface area contributed by atoms with Crippen molar-refractivity contribution in [1.29, 1.82) is 0 Å². The van der Waals surface area contributed by atoms with E-state index in [9.17, 15) is 0 Å². The van der Waals surface area contributed by atoms with Gasteiger partial charge in [0.2, 0.25) is 0 Å². The van der Waals surface area contributed by atoms with Crippen molar-refractivity contribution in [3.05, 3.63) is 352 Å². The number of benzene rings is 15. The molecule has 0 aliphatic carbocycles. The third kappa shape index (κ3) is 9.17. The van der Waals surface area contributed by atoms with Crippen molar-refractivity contribution < 1.29 is 0 Å². The van der Waals surface area contributed by atoms with Crippen molar-refractivity contribution in [3.63, 3.8) is 0 Å². The first-order valence-electron chi connectivity index (χ1n) is 30.9. The quantitative estimate of drug-likeness (QED) is 0.121. The van der Waals surface area contributed by atoms with Gasteiger partial charge in [-0.1, -0.05) is 243 Å². The number of hydrogen-bond donors (Lipinski definition) is 0. The van der Waals surface area contributed by atoms with Crippen LogP contribution in [0.2, 0.25) is 0 Å². The van der Waals surface area contributed by atoms with Crippen LogP contribution in [0.3, 0.4) is 0 Å². The molecular weight excluding hydrogens is 1090 g/mol. The third-order valence-electron chi connectivity index (χ3n) is 18.1. The summed E-state index contributed by atoms with van der Waals surface area (Å²) in [6, 6.07) is 129. The second-order valence-corrected chi connectivity index (χ2v) is 23.3. The Bertz CT molecular complexity index is 5140. The van der Waals surface area contributed by atoms with Gasteiger partial charge in [0.1, 0.15) is 0 Å². The molecule has 2 heterocycles. The largest absolute Gasteiger partial charge is 0.310 e. The zero-order valence-corrected chi connectivity index (χ0v) is 49.3. The minimum atomic E-state index is 1.07. The molecule has 0 fully saturated rings. The number of aromatic nitrogens is 2. The first-order valence-corrected chi connectivity index (χ1v) is 30.9. The molecule has 0 radical (unpaired) electrons. The van der Waals surface area contributed by atoms with E-state index in [2.05, 4.69) is 371 Å². The second kappa shape index (κ2) is 22.1. The lowest BCUT2D eigenvalue weighted by Gasteiger charge is -2.27. The molecule has 17 aromatic rings. The van der Waals surface area contributed by atoms with E-state index in [4.69, 9.17) is 0 Å². The molecule has 0 saturated carbocycles. The van der Waals surface area contributed by atoms with Crippen molar-refractivity contribution >= 4 is 99.0 Å². The van der Waals surface area contributed by atoms with Gasteiger partial charge in [-0.05, 0) is 175 Å². The molecule has 0 unspecified atom stereocenters. The third-order valence-corrected chi connectivity index (χ3v) is 18.1. The van der Waals surface area contributed by atoms with Gasteiger partial charge in [0.25, 0.3) is 0 Å². The van der Waals surface area contributed by atoms with E-state index in [1.807, 2.05) is 0 Å². The summed E-state index contributed by atoms with van der Waals surface area (Å²) in [6.07, 6.45) is 0. The lowest BCUT2D eigenvalue weighted by atomic mass is 9.97. The molecule has 4 heteroatoms. The standard InChI is InChI=1S/C86H58N4/c1-3-27-69(28-4-1)87(81-37-17-25-61-21-9-13-33-79(61)81)71-47-51-73(52-48-71)89-83(65-43-39-63(40-44-65)77-35-15-23-59-19-7-11-31-75(59)77)55-67-58-86-68(57-85(67)89)56-84(66-45-41-64(42-46-66)78-36-16-24-60-20-8-12-32-76(60)78)90(86)74-53-49-72(50-54-74)88(70-29-5-2-6-30-70)82-38-18-26-62-22-10-14-34-80(62)82/h1-58H. The highest BCUT2D eigenvalue weighted by molar-refractivity contribution is 6.05. The Balaban J connectivity index is 0.849. The number of rotatable bonds is 12. The summed E-state index contributed by atoms with van der Waals surface area (Å²) in [6.45, 7) is 0. The SMILES string of the molecule is c1ccc(N(c2ccc(-n3c(-c4ccc(-c5cccc6ccccc56)cc4)cc4cc5c(cc(-c6ccc(-c7cccc8ccccc78)cc6)n5-c5ccc(N(c6ccccc6)c6cccc7ccccc67)cc5)cc43)cc2)c2cccc3ccccc23)cc1. The minimum Gasteiger partial charge on any atom is -0.310 e. The highest BCUT2D eigenvalue weighted by Crippen LogP contribution is 2.45. The van der Waals surface area contributed by atoms with Crippen molar-refractivity contribution in [1.82, 2.24) is 9.13 Å². The molecule has 0 amide bonds. The highest BCUT2D eigenvalue weighted by Gasteiger charge is 2.22. The Morgan fingerprint density at radius 2 is 0.500 bits per heavy atom. The fourth-order valence-electron chi connectivity index (χ4n) is 13.8. The minimum absolute atomic E-state index is 1.07. The van der Waals surface area contributed by atoms with Gasteiger partial charge in [-0.25, -0.2) is 0 Å². The van der Waals surface area contributed by atoms with E-state index in [0.717, 1.165) is 89.8 Å². The van der Waals surface area contributed by atoms with Crippen molar-refractivity contribution in [2.75, 3.05) is 9.80 Å². The van der Waals surface area contributed by atoms with Gasteiger partial charge in [0.15, 0.2) is 0 Å². The number of para-hydroxylation sites is 2. The van der Waals surface area contributed by atoms with Gasteiger partial charge in [-0.3, -0.25) is 0 Å². The zero-order valence-electron chi connectivity index (χ0n) is 49.3. The Labute approximate surface area is 522 Å². The predicted octanol–water partition coefficient (Wildman–Crippen LogP) is 23.8. The molecule has 0 atom stereocenters. The summed E-state index contributed by atoms with van der Waals surface area (Å²) in [5.74, 6) is 0. The highest BCUT2D eigenvalue weighted by atomic mass is 15.2. The second-order valence-electron chi connectivity index (χ2n) is 23.3. The van der Waals surface area contributed by atoms with E-state index in [0.29, 0.717) is 0 Å². The average Bonchev–Trinajstić information content (AvgIpc) is 2.35. The Morgan fingerprint density at radius 1 is 0.200 bits per heavy atom. The Morgan fingerprint density at radius 3 is 0.889 bits per heavy atom. The molecular formula is C86H58N4. The number of anilines is 6. The maximum atomic E-state index is 2.46. The molecule has 0 aliphatic heterocycles. The molecule has 90 heavy (non-hydrogen) atoms. The van der Waals surface area contributed by atoms with E-state index >= 15 is 0 Å². The Kier molecular flexibility index (Phi) is 12.8. The van der Waals surface area contributed by atoms with Gasteiger partial charge in [0, 0.05) is 55.7 Å². The summed E-state index contributed by atoms with van der Waals surface area (Å²) in [5, 5.41) is 12.0. The Hall–Kier alpha value is -12.0. The summed E-state index contributed by atoms with van der Waals surface area (Å²) >= 11 is 0. The van der Waals surface area contributed by atoms with Gasteiger partial charge < -0.3 is 18.9 Å². The first-order chi connectivity index (χ1) is 44.6. The normalized spacial score (nSPS) is 11.6. The summed E-state index contributed by atoms with van der Waals surface area (Å²) in [4.78, 5) is 4.76. The van der Waals surface area contributed by atoms with E-state index in [1.165, 1.54) is 65.3 Å². The van der Waals surface area contributed by atoms with E-state index in [1.54, 1.807) is 0 Å². The van der Waals surface area contributed by atoms with Crippen molar-refractivity contribution in [2.45, 2.75) is 0 Å². The molecule has 0 bridgehead atoms. The topological polar surface area (TPSA) is 16.3 Å². The van der Waals surface area contributed by atoms with Crippen LogP contribution < -0.4 is 9.80 Å². The fraction of sp³-hybridized carbons (Fsp3) is 0. The molecule has 0 N–H and O–H groups in total. The summed E-state index contributed by atoms with van der Waals surface area (Å²) < 4.78 is 4.93. The molecule has 15 aromatic carbocycles. The predicted molar refractivity (Wildman–Crippen MR) is 381 cm³/mol. The molecule has 0 aliphatic rings. The molecule has 2 aromatic heterocycles. The maximum absolute atomic E-state index is 2.46. The average molecular weight is 1150 g/mol. The monoisotopic (exact) mass is 1150 g/mol. The molecule has 0 saturated heterocycles. The molecule has 17 rings (SSSR count). The van der Waals surface area contributed by atoms with Crippen LogP contribution in [0.15, 0.2) is 352 Å². The van der Waals surface area contributed by atoms with Crippen LogP contribution in [0.25, 0.3) is 121 Å². The maximum Gasteiger partial charge on any atom is 0.0542 e. The van der Waals surface area contributed by atoms with E-state index < -0.39 is 0 Å². The number of hydrogen-bond acceptors (Lipinski definition) is 2. The van der Waals surface area contributed by atoms with Crippen LogP contribution in [0.5, 0.6) is 0 Å². The fourth-order valence-corrected chi connectivity index (χ4v) is 13.8. The first kappa shape index (κ1) is 52.4. The summed E-state index contributed by atoms with van der Waals surface area (Å²) in [5.41, 5.74) is 20.3. The van der Waals surface area contributed by atoms with Crippen LogP contribution in [-0.4, -0.2) is 9.13 Å². The van der Waals surface area contributed by atoms with Crippen LogP contribution in [0.4, 0.5) is 34.1 Å². The van der Waals surface area contributed by atoms with E-state index in [-0.39, 0.29) is 0 Å². The van der Waals surface area contributed by atoms with Gasteiger partial charge >= 0.3 is 0 Å². The van der Waals surface area contributed by atoms with Crippen LogP contribution >= 0.6 is 0 Å². The smallest absolute Gasteiger partial charge is 0.0542 e.